The smallest absolute Gasteiger partial charge is 0.242 e. The number of unbranched alkanes of at least 4 members (excludes halogenated alkanes) is 1. The van der Waals surface area contributed by atoms with Crippen molar-refractivity contribution in [1.29, 1.82) is 0 Å². The molecule has 0 saturated carbocycles. The maximum atomic E-state index is 6.02. The summed E-state index contributed by atoms with van der Waals surface area (Å²) in [7, 11) is 0. The summed E-state index contributed by atoms with van der Waals surface area (Å²) in [5, 5.41) is 3.25. The molecule has 0 aliphatic heterocycles. The van der Waals surface area contributed by atoms with Crippen molar-refractivity contribution in [3.63, 3.8) is 0 Å². The van der Waals surface area contributed by atoms with Gasteiger partial charge < -0.3 is 15.8 Å². The average molecular weight is 252 g/mol. The molecule has 0 unspecified atom stereocenters. The van der Waals surface area contributed by atoms with E-state index in [0.29, 0.717) is 24.0 Å². The summed E-state index contributed by atoms with van der Waals surface area (Å²) in [5.74, 6) is 1.96. The number of nitrogens with two attached hydrogens (primary N) is 1. The number of aromatic nitrogens is 2. The van der Waals surface area contributed by atoms with Crippen molar-refractivity contribution in [2.24, 2.45) is 0 Å². The van der Waals surface area contributed by atoms with Gasteiger partial charge in [0.25, 0.3) is 0 Å². The molecule has 0 amide bonds. The normalized spacial score (nSPS) is 10.4. The number of nitrogen functional groups attached to an aromatic ring is 1. The molecular weight excluding hydrogens is 228 g/mol. The van der Waals surface area contributed by atoms with Gasteiger partial charge in [0.1, 0.15) is 11.5 Å². The summed E-state index contributed by atoms with van der Waals surface area (Å²) >= 11 is 0. The van der Waals surface area contributed by atoms with Crippen molar-refractivity contribution in [2.45, 2.75) is 46.5 Å². The summed E-state index contributed by atoms with van der Waals surface area (Å²) in [5.41, 5.74) is 6.53. The fourth-order valence-corrected chi connectivity index (χ4v) is 1.48. The maximum Gasteiger partial charge on any atom is 0.242 e. The Morgan fingerprint density at radius 3 is 2.56 bits per heavy atom. The van der Waals surface area contributed by atoms with Gasteiger partial charge in [0, 0.05) is 13.0 Å². The molecule has 1 heterocycles. The highest BCUT2D eigenvalue weighted by Crippen LogP contribution is 2.26. The van der Waals surface area contributed by atoms with E-state index in [-0.39, 0.29) is 0 Å². The van der Waals surface area contributed by atoms with Gasteiger partial charge in [0.2, 0.25) is 5.88 Å². The Morgan fingerprint density at radius 2 is 1.94 bits per heavy atom. The molecule has 3 N–H and O–H groups in total. The van der Waals surface area contributed by atoms with Crippen molar-refractivity contribution >= 4 is 11.5 Å². The standard InChI is InChI=1S/C13H24N4O/c1-4-7-8-15-12-11(14)13(18-9-5-2)17-10(6-3)16-12/h4-9,14H2,1-3H3,(H,15,16,17). The summed E-state index contributed by atoms with van der Waals surface area (Å²) in [6.45, 7) is 7.72. The minimum absolute atomic E-state index is 0.502. The van der Waals surface area contributed by atoms with Crippen LogP contribution in [0.5, 0.6) is 5.88 Å². The van der Waals surface area contributed by atoms with Gasteiger partial charge in [-0.3, -0.25) is 0 Å². The fraction of sp³-hybridized carbons (Fsp3) is 0.692. The largest absolute Gasteiger partial charge is 0.476 e. The lowest BCUT2D eigenvalue weighted by Gasteiger charge is -2.13. The van der Waals surface area contributed by atoms with E-state index in [1.807, 2.05) is 6.92 Å². The molecule has 0 saturated heterocycles. The quantitative estimate of drug-likeness (QED) is 0.696. The molecule has 1 aromatic rings. The van der Waals surface area contributed by atoms with E-state index in [1.165, 1.54) is 0 Å². The van der Waals surface area contributed by atoms with Gasteiger partial charge in [-0.05, 0) is 12.8 Å². The third kappa shape index (κ3) is 4.05. The van der Waals surface area contributed by atoms with Gasteiger partial charge in [0.05, 0.1) is 6.61 Å². The van der Waals surface area contributed by atoms with E-state index < -0.39 is 0 Å². The molecule has 0 spiro atoms. The summed E-state index contributed by atoms with van der Waals surface area (Å²) in [6, 6.07) is 0. The zero-order valence-electron chi connectivity index (χ0n) is 11.6. The number of ether oxygens (including phenoxy) is 1. The predicted molar refractivity (Wildman–Crippen MR) is 75.0 cm³/mol. The molecule has 18 heavy (non-hydrogen) atoms. The minimum atomic E-state index is 0.502. The molecule has 0 radical (unpaired) electrons. The molecule has 5 nitrogen and oxygen atoms in total. The Balaban J connectivity index is 2.85. The topological polar surface area (TPSA) is 73.1 Å². The first kappa shape index (κ1) is 14.5. The van der Waals surface area contributed by atoms with Crippen molar-refractivity contribution in [3.05, 3.63) is 5.82 Å². The number of hydrogen-bond acceptors (Lipinski definition) is 5. The van der Waals surface area contributed by atoms with Crippen LogP contribution < -0.4 is 15.8 Å². The zero-order chi connectivity index (χ0) is 13.4. The third-order valence-electron chi connectivity index (χ3n) is 2.54. The summed E-state index contributed by atoms with van der Waals surface area (Å²) < 4.78 is 5.56. The SMILES string of the molecule is CCCCNc1nc(CC)nc(OCCC)c1N. The van der Waals surface area contributed by atoms with Crippen molar-refractivity contribution in [1.82, 2.24) is 9.97 Å². The minimum Gasteiger partial charge on any atom is -0.476 e. The number of rotatable bonds is 8. The molecule has 1 aromatic heterocycles. The van der Waals surface area contributed by atoms with Crippen molar-refractivity contribution < 1.29 is 4.74 Å². The second-order valence-electron chi connectivity index (χ2n) is 4.19. The molecule has 0 fully saturated rings. The van der Waals surface area contributed by atoms with Crippen LogP contribution in [0.1, 0.15) is 45.9 Å². The highest BCUT2D eigenvalue weighted by molar-refractivity contribution is 5.66. The Kier molecular flexibility index (Phi) is 6.25. The zero-order valence-corrected chi connectivity index (χ0v) is 11.6. The summed E-state index contributed by atoms with van der Waals surface area (Å²) in [6.07, 6.45) is 3.93. The molecule has 0 aliphatic carbocycles. The Labute approximate surface area is 109 Å². The molecule has 0 bridgehead atoms. The Hall–Kier alpha value is -1.52. The number of nitrogens with one attached hydrogen (secondary N) is 1. The first-order valence-corrected chi connectivity index (χ1v) is 6.75. The number of aryl methyl sites for hydroxylation is 1. The first-order valence-electron chi connectivity index (χ1n) is 6.75. The van der Waals surface area contributed by atoms with E-state index in [9.17, 15) is 0 Å². The van der Waals surface area contributed by atoms with Crippen LogP contribution in [-0.2, 0) is 6.42 Å². The van der Waals surface area contributed by atoms with E-state index in [1.54, 1.807) is 0 Å². The van der Waals surface area contributed by atoms with Gasteiger partial charge in [-0.15, -0.1) is 0 Å². The third-order valence-corrected chi connectivity index (χ3v) is 2.54. The van der Waals surface area contributed by atoms with Crippen LogP contribution >= 0.6 is 0 Å². The van der Waals surface area contributed by atoms with Gasteiger partial charge >= 0.3 is 0 Å². The maximum absolute atomic E-state index is 6.02. The predicted octanol–water partition coefficient (Wildman–Crippen LogP) is 2.62. The lowest BCUT2D eigenvalue weighted by Crippen LogP contribution is -2.11. The van der Waals surface area contributed by atoms with Crippen LogP contribution in [0.25, 0.3) is 0 Å². The van der Waals surface area contributed by atoms with Crippen LogP contribution in [0.15, 0.2) is 0 Å². The summed E-state index contributed by atoms with van der Waals surface area (Å²) in [4.78, 5) is 8.72. The van der Waals surface area contributed by atoms with E-state index in [4.69, 9.17) is 10.5 Å². The number of nitrogens with zero attached hydrogens (tertiary/aromatic N) is 2. The van der Waals surface area contributed by atoms with Crippen LogP contribution in [0, 0.1) is 0 Å². The second-order valence-corrected chi connectivity index (χ2v) is 4.19. The van der Waals surface area contributed by atoms with Crippen molar-refractivity contribution in [2.75, 3.05) is 24.2 Å². The number of hydrogen-bond donors (Lipinski definition) is 2. The number of anilines is 2. The van der Waals surface area contributed by atoms with E-state index >= 15 is 0 Å². The van der Waals surface area contributed by atoms with Gasteiger partial charge in [-0.1, -0.05) is 27.2 Å². The first-order chi connectivity index (χ1) is 8.72. The Bertz CT molecular complexity index is 368. The lowest BCUT2D eigenvalue weighted by atomic mass is 10.3. The highest BCUT2D eigenvalue weighted by atomic mass is 16.5. The second kappa shape index (κ2) is 7.74. The molecule has 102 valence electrons. The van der Waals surface area contributed by atoms with Gasteiger partial charge in [0.15, 0.2) is 5.82 Å². The van der Waals surface area contributed by atoms with Crippen LogP contribution in [-0.4, -0.2) is 23.1 Å². The average Bonchev–Trinajstić information content (AvgIpc) is 2.39. The monoisotopic (exact) mass is 252 g/mol. The van der Waals surface area contributed by atoms with Crippen LogP contribution in [0.4, 0.5) is 11.5 Å². The molecule has 0 aliphatic rings. The van der Waals surface area contributed by atoms with Gasteiger partial charge in [-0.25, -0.2) is 4.98 Å². The molecule has 0 aromatic carbocycles. The van der Waals surface area contributed by atoms with E-state index in [0.717, 1.165) is 38.1 Å². The lowest BCUT2D eigenvalue weighted by molar-refractivity contribution is 0.305. The molecule has 5 heteroatoms. The Morgan fingerprint density at radius 1 is 1.17 bits per heavy atom. The highest BCUT2D eigenvalue weighted by Gasteiger charge is 2.11. The fourth-order valence-electron chi connectivity index (χ4n) is 1.48. The van der Waals surface area contributed by atoms with Crippen molar-refractivity contribution in [3.8, 4) is 5.88 Å². The molecular formula is C13H24N4O. The van der Waals surface area contributed by atoms with Crippen LogP contribution in [0.2, 0.25) is 0 Å². The van der Waals surface area contributed by atoms with Crippen LogP contribution in [0.3, 0.4) is 0 Å². The molecule has 1 rings (SSSR count). The van der Waals surface area contributed by atoms with Gasteiger partial charge in [-0.2, -0.15) is 4.98 Å². The van der Waals surface area contributed by atoms with E-state index in [2.05, 4.69) is 29.1 Å². The molecule has 0 atom stereocenters.